The quantitative estimate of drug-likeness (QED) is 0.509. The highest BCUT2D eigenvalue weighted by Gasteiger charge is 2.09. The zero-order valence-corrected chi connectivity index (χ0v) is 12.9. The maximum atomic E-state index is 5.41. The van der Waals surface area contributed by atoms with Crippen LogP contribution in [0.25, 0.3) is 10.2 Å². The van der Waals surface area contributed by atoms with Gasteiger partial charge in [-0.1, -0.05) is 0 Å². The van der Waals surface area contributed by atoms with Gasteiger partial charge >= 0.3 is 0 Å². The van der Waals surface area contributed by atoms with Crippen molar-refractivity contribution < 1.29 is 0 Å². The van der Waals surface area contributed by atoms with Gasteiger partial charge in [-0.3, -0.25) is 5.43 Å². The van der Waals surface area contributed by atoms with Crippen molar-refractivity contribution in [2.45, 2.75) is 20.4 Å². The third-order valence-corrected chi connectivity index (χ3v) is 5.06. The molecule has 0 aliphatic heterocycles. The number of hydrogen-bond donors (Lipinski definition) is 3. The Kier molecular flexibility index (Phi) is 3.56. The molecule has 0 unspecified atom stereocenters. The molecule has 0 radical (unpaired) electrons. The molecule has 0 atom stereocenters. The van der Waals surface area contributed by atoms with Crippen LogP contribution < -0.4 is 16.6 Å². The second kappa shape index (κ2) is 5.35. The second-order valence-corrected chi connectivity index (χ2v) is 6.72. The molecule has 0 amide bonds. The number of fused-ring (bicyclic) bond motifs is 1. The Labute approximate surface area is 124 Å². The summed E-state index contributed by atoms with van der Waals surface area (Å²) < 4.78 is 0. The van der Waals surface area contributed by atoms with E-state index >= 15 is 0 Å². The summed E-state index contributed by atoms with van der Waals surface area (Å²) in [5.74, 6) is 6.66. The third kappa shape index (κ3) is 2.47. The number of nitrogens with zero attached hydrogens (tertiary/aromatic N) is 2. The predicted octanol–water partition coefficient (Wildman–Crippen LogP) is 3.27. The lowest BCUT2D eigenvalue weighted by Crippen LogP contribution is -2.11. The fourth-order valence-electron chi connectivity index (χ4n) is 1.96. The molecular weight excluding hydrogens is 290 g/mol. The lowest BCUT2D eigenvalue weighted by atomic mass is 10.3. The van der Waals surface area contributed by atoms with Gasteiger partial charge in [0.25, 0.3) is 0 Å². The molecule has 0 saturated heterocycles. The van der Waals surface area contributed by atoms with Crippen molar-refractivity contribution in [1.82, 2.24) is 9.97 Å². The SMILES string of the molecule is Cc1cc(CNc2nc(NN)nc3sccc23)sc1C. The van der Waals surface area contributed by atoms with Crippen molar-refractivity contribution in [2.24, 2.45) is 5.84 Å². The molecule has 0 fully saturated rings. The van der Waals surface area contributed by atoms with Crippen LogP contribution in [0.3, 0.4) is 0 Å². The smallest absolute Gasteiger partial charge is 0.240 e. The number of rotatable bonds is 4. The highest BCUT2D eigenvalue weighted by atomic mass is 32.1. The summed E-state index contributed by atoms with van der Waals surface area (Å²) in [6.45, 7) is 5.03. The van der Waals surface area contributed by atoms with Crippen LogP contribution in [0.1, 0.15) is 15.3 Å². The van der Waals surface area contributed by atoms with E-state index in [0.29, 0.717) is 5.95 Å². The monoisotopic (exact) mass is 305 g/mol. The molecule has 3 aromatic rings. The Morgan fingerprint density at radius 2 is 2.15 bits per heavy atom. The minimum Gasteiger partial charge on any atom is -0.364 e. The average molecular weight is 305 g/mol. The number of hydrogen-bond acceptors (Lipinski definition) is 7. The molecule has 3 heterocycles. The number of nitrogens with one attached hydrogen (secondary N) is 2. The molecule has 4 N–H and O–H groups in total. The van der Waals surface area contributed by atoms with Gasteiger partial charge in [-0.25, -0.2) is 10.8 Å². The number of nitrogens with two attached hydrogens (primary N) is 1. The zero-order valence-electron chi connectivity index (χ0n) is 11.2. The Hall–Kier alpha value is -1.70. The molecule has 0 aliphatic rings. The highest BCUT2D eigenvalue weighted by Crippen LogP contribution is 2.27. The molecule has 3 rings (SSSR count). The first-order valence-electron chi connectivity index (χ1n) is 6.19. The van der Waals surface area contributed by atoms with Crippen LogP contribution in [0.2, 0.25) is 0 Å². The van der Waals surface area contributed by atoms with E-state index in [0.717, 1.165) is 22.6 Å². The van der Waals surface area contributed by atoms with E-state index in [9.17, 15) is 0 Å². The Bertz CT molecular complexity index is 727. The van der Waals surface area contributed by atoms with E-state index in [2.05, 4.69) is 40.6 Å². The third-order valence-electron chi connectivity index (χ3n) is 3.10. The van der Waals surface area contributed by atoms with Gasteiger partial charge in [0.1, 0.15) is 10.6 Å². The topological polar surface area (TPSA) is 75.9 Å². The van der Waals surface area contributed by atoms with Gasteiger partial charge in [0.05, 0.1) is 11.9 Å². The summed E-state index contributed by atoms with van der Waals surface area (Å²) in [7, 11) is 0. The van der Waals surface area contributed by atoms with Gasteiger partial charge in [0, 0.05) is 9.75 Å². The van der Waals surface area contributed by atoms with Crippen LogP contribution in [0.4, 0.5) is 11.8 Å². The largest absolute Gasteiger partial charge is 0.364 e. The van der Waals surface area contributed by atoms with Crippen molar-refractivity contribution in [2.75, 3.05) is 10.7 Å². The first-order valence-corrected chi connectivity index (χ1v) is 7.88. The van der Waals surface area contributed by atoms with Crippen LogP contribution in [0.15, 0.2) is 17.5 Å². The summed E-state index contributed by atoms with van der Waals surface area (Å²) in [6.07, 6.45) is 0. The molecule has 0 aromatic carbocycles. The van der Waals surface area contributed by atoms with Crippen LogP contribution in [-0.2, 0) is 6.54 Å². The van der Waals surface area contributed by atoms with E-state index in [1.165, 1.54) is 15.3 Å². The number of nitrogen functional groups attached to an aromatic ring is 1. The van der Waals surface area contributed by atoms with Gasteiger partial charge in [0.2, 0.25) is 5.95 Å². The summed E-state index contributed by atoms with van der Waals surface area (Å²) in [4.78, 5) is 12.3. The molecule has 5 nitrogen and oxygen atoms in total. The summed E-state index contributed by atoms with van der Waals surface area (Å²) in [6, 6.07) is 4.23. The predicted molar refractivity (Wildman–Crippen MR) is 86.3 cm³/mol. The van der Waals surface area contributed by atoms with Gasteiger partial charge in [-0.05, 0) is 36.9 Å². The van der Waals surface area contributed by atoms with Gasteiger partial charge in [-0.2, -0.15) is 4.98 Å². The Morgan fingerprint density at radius 1 is 1.30 bits per heavy atom. The van der Waals surface area contributed by atoms with E-state index in [1.807, 2.05) is 22.8 Å². The molecule has 0 aliphatic carbocycles. The summed E-state index contributed by atoms with van der Waals surface area (Å²) in [5, 5.41) is 6.41. The minimum absolute atomic E-state index is 0.431. The minimum atomic E-state index is 0.431. The number of aromatic nitrogens is 2. The first kappa shape index (κ1) is 13.3. The molecule has 3 aromatic heterocycles. The van der Waals surface area contributed by atoms with Crippen molar-refractivity contribution in [3.63, 3.8) is 0 Å². The van der Waals surface area contributed by atoms with Gasteiger partial charge in [-0.15, -0.1) is 22.7 Å². The van der Waals surface area contributed by atoms with Gasteiger partial charge < -0.3 is 5.32 Å². The van der Waals surface area contributed by atoms with E-state index in [-0.39, 0.29) is 0 Å². The molecule has 7 heteroatoms. The number of hydrazine groups is 1. The van der Waals surface area contributed by atoms with Crippen LogP contribution in [-0.4, -0.2) is 9.97 Å². The lowest BCUT2D eigenvalue weighted by molar-refractivity contribution is 1.11. The van der Waals surface area contributed by atoms with E-state index < -0.39 is 0 Å². The lowest BCUT2D eigenvalue weighted by Gasteiger charge is -2.07. The van der Waals surface area contributed by atoms with Gasteiger partial charge in [0.15, 0.2) is 0 Å². The molecule has 104 valence electrons. The van der Waals surface area contributed by atoms with E-state index in [1.54, 1.807) is 11.3 Å². The van der Waals surface area contributed by atoms with Crippen molar-refractivity contribution in [3.8, 4) is 0 Å². The Morgan fingerprint density at radius 3 is 2.85 bits per heavy atom. The van der Waals surface area contributed by atoms with Crippen molar-refractivity contribution in [3.05, 3.63) is 32.8 Å². The van der Waals surface area contributed by atoms with Crippen LogP contribution in [0, 0.1) is 13.8 Å². The molecular formula is C13H15N5S2. The molecule has 0 bridgehead atoms. The van der Waals surface area contributed by atoms with Crippen molar-refractivity contribution >= 4 is 44.7 Å². The standard InChI is InChI=1S/C13H15N5S2/c1-7-5-9(20-8(7)2)6-15-11-10-3-4-19-12(10)17-13(16-11)18-14/h3-5H,6,14H2,1-2H3,(H2,15,16,17,18). The zero-order chi connectivity index (χ0) is 14.1. The van der Waals surface area contributed by atoms with E-state index in [4.69, 9.17) is 5.84 Å². The second-order valence-electron chi connectivity index (χ2n) is 4.49. The van der Waals surface area contributed by atoms with Crippen LogP contribution >= 0.6 is 22.7 Å². The molecule has 20 heavy (non-hydrogen) atoms. The fraction of sp³-hybridized carbons (Fsp3) is 0.231. The maximum Gasteiger partial charge on any atom is 0.240 e. The summed E-state index contributed by atoms with van der Waals surface area (Å²) >= 11 is 3.38. The van der Waals surface area contributed by atoms with Crippen LogP contribution in [0.5, 0.6) is 0 Å². The maximum absolute atomic E-state index is 5.41. The highest BCUT2D eigenvalue weighted by molar-refractivity contribution is 7.16. The van der Waals surface area contributed by atoms with Crippen molar-refractivity contribution in [1.29, 1.82) is 0 Å². The first-order chi connectivity index (χ1) is 9.67. The molecule has 0 saturated carbocycles. The molecule has 0 spiro atoms. The average Bonchev–Trinajstić information content (AvgIpc) is 3.03. The number of aryl methyl sites for hydroxylation is 2. The fourth-order valence-corrected chi connectivity index (χ4v) is 3.72. The Balaban J connectivity index is 1.88. The number of anilines is 2. The normalized spacial score (nSPS) is 10.9. The summed E-state index contributed by atoms with van der Waals surface area (Å²) in [5.41, 5.74) is 3.84. The number of thiophene rings is 2.